The van der Waals surface area contributed by atoms with Crippen molar-refractivity contribution in [1.82, 2.24) is 0 Å². The number of Topliss-reactive ketones (excluding diaryl/α,β-unsaturated/α-hetero) is 2. The lowest BCUT2D eigenvalue weighted by Crippen LogP contribution is -2.14. The number of halogens is 2. The van der Waals surface area contributed by atoms with Crippen LogP contribution < -0.4 is 0 Å². The Morgan fingerprint density at radius 2 is 1.69 bits per heavy atom. The van der Waals surface area contributed by atoms with Gasteiger partial charge in [-0.2, -0.15) is 0 Å². The van der Waals surface area contributed by atoms with Crippen molar-refractivity contribution in [2.24, 2.45) is 5.92 Å². The third-order valence-corrected chi connectivity index (χ3v) is 3.54. The molecule has 1 rings (SSSR count). The van der Waals surface area contributed by atoms with Crippen molar-refractivity contribution in [2.45, 2.75) is 20.3 Å². The highest BCUT2D eigenvalue weighted by Gasteiger charge is 2.18. The van der Waals surface area contributed by atoms with Crippen molar-refractivity contribution in [3.63, 3.8) is 0 Å². The molecule has 0 unspecified atom stereocenters. The first-order valence-corrected chi connectivity index (χ1v) is 6.52. The van der Waals surface area contributed by atoms with E-state index in [9.17, 15) is 9.59 Å². The smallest absolute Gasteiger partial charge is 0.172 e. The van der Waals surface area contributed by atoms with Crippen LogP contribution in [0.15, 0.2) is 27.1 Å². The van der Waals surface area contributed by atoms with Gasteiger partial charge in [0.2, 0.25) is 0 Å². The van der Waals surface area contributed by atoms with Crippen molar-refractivity contribution in [3.8, 4) is 0 Å². The summed E-state index contributed by atoms with van der Waals surface area (Å²) in [5.74, 6) is -0.295. The fourth-order valence-electron chi connectivity index (χ4n) is 1.21. The molecule has 2 nitrogen and oxygen atoms in total. The van der Waals surface area contributed by atoms with Crippen LogP contribution in [0.3, 0.4) is 0 Å². The van der Waals surface area contributed by atoms with Gasteiger partial charge in [-0.05, 0) is 12.1 Å². The van der Waals surface area contributed by atoms with Gasteiger partial charge in [0.25, 0.3) is 0 Å². The van der Waals surface area contributed by atoms with E-state index in [0.29, 0.717) is 14.5 Å². The lowest BCUT2D eigenvalue weighted by Gasteiger charge is -2.07. The molecule has 0 aromatic heterocycles. The van der Waals surface area contributed by atoms with Crippen LogP contribution in [0.25, 0.3) is 0 Å². The predicted molar refractivity (Wildman–Crippen MR) is 70.6 cm³/mol. The summed E-state index contributed by atoms with van der Waals surface area (Å²) in [6, 6.07) is 5.41. The molecule has 0 atom stereocenters. The van der Waals surface area contributed by atoms with Crippen LogP contribution in [0.5, 0.6) is 0 Å². The summed E-state index contributed by atoms with van der Waals surface area (Å²) in [5.41, 5.74) is 0.538. The molecule has 0 bridgehead atoms. The Morgan fingerprint density at radius 3 is 2.12 bits per heavy atom. The average molecular weight is 348 g/mol. The van der Waals surface area contributed by atoms with E-state index in [1.54, 1.807) is 26.0 Å². The summed E-state index contributed by atoms with van der Waals surface area (Å²) in [7, 11) is 0. The number of rotatable bonds is 4. The van der Waals surface area contributed by atoms with E-state index in [1.807, 2.05) is 6.07 Å². The zero-order valence-electron chi connectivity index (χ0n) is 9.09. The van der Waals surface area contributed by atoms with Crippen LogP contribution in [-0.2, 0) is 4.79 Å². The maximum atomic E-state index is 11.9. The van der Waals surface area contributed by atoms with Crippen molar-refractivity contribution < 1.29 is 9.59 Å². The molecule has 0 heterocycles. The third-order valence-electron chi connectivity index (χ3n) is 2.22. The molecule has 0 aliphatic rings. The van der Waals surface area contributed by atoms with Crippen LogP contribution in [0, 0.1) is 5.92 Å². The lowest BCUT2D eigenvalue weighted by atomic mass is 10.00. The molecule has 0 aliphatic heterocycles. The summed E-state index contributed by atoms with van der Waals surface area (Å²) in [6.07, 6.45) is -0.0428. The summed E-state index contributed by atoms with van der Waals surface area (Å²) < 4.78 is 1.42. The molecule has 0 saturated carbocycles. The predicted octanol–water partition coefficient (Wildman–Crippen LogP) is 4.01. The largest absolute Gasteiger partial charge is 0.299 e. The maximum Gasteiger partial charge on any atom is 0.172 e. The Bertz CT molecular complexity index is 405. The molecule has 0 saturated heterocycles. The second kappa shape index (κ2) is 5.73. The van der Waals surface area contributed by atoms with Gasteiger partial charge in [0.15, 0.2) is 5.78 Å². The van der Waals surface area contributed by atoms with Gasteiger partial charge in [0.05, 0.1) is 6.42 Å². The standard InChI is InChI=1S/C12H12Br2O2/c1-7(2)10(15)6-11(16)12-8(13)4-3-5-9(12)14/h3-5,7H,6H2,1-2H3. The number of ketones is 2. The van der Waals surface area contributed by atoms with Gasteiger partial charge in [-0.15, -0.1) is 0 Å². The highest BCUT2D eigenvalue weighted by Crippen LogP contribution is 2.26. The van der Waals surface area contributed by atoms with Crippen LogP contribution in [0.1, 0.15) is 30.6 Å². The van der Waals surface area contributed by atoms with Crippen LogP contribution >= 0.6 is 31.9 Å². The molecule has 0 radical (unpaired) electrons. The van der Waals surface area contributed by atoms with Crippen molar-refractivity contribution >= 4 is 43.4 Å². The first-order valence-electron chi connectivity index (χ1n) is 4.93. The van der Waals surface area contributed by atoms with E-state index in [0.717, 1.165) is 0 Å². The summed E-state index contributed by atoms with van der Waals surface area (Å²) in [5, 5.41) is 0. The summed E-state index contributed by atoms with van der Waals surface area (Å²) in [4.78, 5) is 23.4. The molecule has 1 aromatic carbocycles. The minimum Gasteiger partial charge on any atom is -0.299 e. The SMILES string of the molecule is CC(C)C(=O)CC(=O)c1c(Br)cccc1Br. The lowest BCUT2D eigenvalue weighted by molar-refractivity contribution is -0.121. The highest BCUT2D eigenvalue weighted by molar-refractivity contribution is 9.11. The minimum absolute atomic E-state index is 0.0346. The van der Waals surface area contributed by atoms with Gasteiger partial charge in [-0.25, -0.2) is 0 Å². The first-order chi connectivity index (χ1) is 7.43. The van der Waals surface area contributed by atoms with E-state index in [4.69, 9.17) is 0 Å². The molecule has 0 fully saturated rings. The van der Waals surface area contributed by atoms with Gasteiger partial charge in [-0.3, -0.25) is 9.59 Å². The molecule has 0 amide bonds. The normalized spacial score (nSPS) is 10.6. The fraction of sp³-hybridized carbons (Fsp3) is 0.333. The van der Waals surface area contributed by atoms with Crippen LogP contribution in [0.2, 0.25) is 0 Å². The molecular weight excluding hydrogens is 336 g/mol. The minimum atomic E-state index is -0.155. The second-order valence-corrected chi connectivity index (χ2v) is 5.53. The number of hydrogen-bond acceptors (Lipinski definition) is 2. The van der Waals surface area contributed by atoms with Crippen LogP contribution in [0.4, 0.5) is 0 Å². The Kier molecular flexibility index (Phi) is 4.87. The second-order valence-electron chi connectivity index (χ2n) is 3.82. The van der Waals surface area contributed by atoms with Crippen molar-refractivity contribution in [3.05, 3.63) is 32.7 Å². The van der Waals surface area contributed by atoms with Gasteiger partial charge in [0, 0.05) is 20.4 Å². The number of hydrogen-bond donors (Lipinski definition) is 0. The summed E-state index contributed by atoms with van der Waals surface area (Å²) in [6.45, 7) is 3.59. The molecule has 0 spiro atoms. The number of carbonyl (C=O) groups excluding carboxylic acids is 2. The van der Waals surface area contributed by atoms with Gasteiger partial charge in [0.1, 0.15) is 5.78 Å². The Labute approximate surface area is 112 Å². The molecule has 1 aromatic rings. The molecule has 16 heavy (non-hydrogen) atoms. The van der Waals surface area contributed by atoms with Gasteiger partial charge >= 0.3 is 0 Å². The first kappa shape index (κ1) is 13.6. The Balaban J connectivity index is 2.93. The molecular formula is C12H12Br2O2. The Morgan fingerprint density at radius 1 is 1.19 bits per heavy atom. The summed E-state index contributed by atoms with van der Waals surface area (Å²) >= 11 is 6.63. The number of benzene rings is 1. The van der Waals surface area contributed by atoms with E-state index in [-0.39, 0.29) is 23.9 Å². The average Bonchev–Trinajstić information content (AvgIpc) is 2.16. The molecule has 0 N–H and O–H groups in total. The monoisotopic (exact) mass is 346 g/mol. The van der Waals surface area contributed by atoms with E-state index in [2.05, 4.69) is 31.9 Å². The molecule has 4 heteroatoms. The van der Waals surface area contributed by atoms with E-state index >= 15 is 0 Å². The highest BCUT2D eigenvalue weighted by atomic mass is 79.9. The zero-order chi connectivity index (χ0) is 12.3. The zero-order valence-corrected chi connectivity index (χ0v) is 12.3. The molecule has 86 valence electrons. The van der Waals surface area contributed by atoms with Crippen molar-refractivity contribution in [2.75, 3.05) is 0 Å². The molecule has 0 aliphatic carbocycles. The van der Waals surface area contributed by atoms with Gasteiger partial charge in [-0.1, -0.05) is 51.8 Å². The van der Waals surface area contributed by atoms with Crippen molar-refractivity contribution in [1.29, 1.82) is 0 Å². The van der Waals surface area contributed by atoms with Crippen LogP contribution in [-0.4, -0.2) is 11.6 Å². The maximum absolute atomic E-state index is 11.9. The number of carbonyl (C=O) groups is 2. The van der Waals surface area contributed by atoms with Gasteiger partial charge < -0.3 is 0 Å². The quantitative estimate of drug-likeness (QED) is 0.609. The van der Waals surface area contributed by atoms with E-state index < -0.39 is 0 Å². The fourth-order valence-corrected chi connectivity index (χ4v) is 2.66. The van der Waals surface area contributed by atoms with E-state index in [1.165, 1.54) is 0 Å². The Hall–Kier alpha value is -0.480. The third kappa shape index (κ3) is 3.25. The topological polar surface area (TPSA) is 34.1 Å².